The molecular formula is C14H16N6. The van der Waals surface area contributed by atoms with Gasteiger partial charge in [0.15, 0.2) is 5.82 Å². The fourth-order valence-electron chi connectivity index (χ4n) is 1.98. The van der Waals surface area contributed by atoms with Crippen molar-refractivity contribution in [2.24, 2.45) is 7.05 Å². The molecular weight excluding hydrogens is 252 g/mol. The number of hydrogen-bond acceptors (Lipinski definition) is 4. The first-order valence-corrected chi connectivity index (χ1v) is 6.41. The lowest BCUT2D eigenvalue weighted by molar-refractivity contribution is 0.715. The topological polar surface area (TPSA) is 60.6 Å². The molecule has 0 aliphatic carbocycles. The van der Waals surface area contributed by atoms with Crippen molar-refractivity contribution in [3.05, 3.63) is 54.0 Å². The quantitative estimate of drug-likeness (QED) is 0.785. The van der Waals surface area contributed by atoms with Crippen LogP contribution in [0.2, 0.25) is 0 Å². The average Bonchev–Trinajstić information content (AvgIpc) is 3.05. The molecule has 3 aromatic rings. The fourth-order valence-corrected chi connectivity index (χ4v) is 1.98. The van der Waals surface area contributed by atoms with Gasteiger partial charge in [-0.05, 0) is 24.6 Å². The van der Waals surface area contributed by atoms with E-state index in [2.05, 4.69) is 39.8 Å². The number of aromatic nitrogens is 5. The fraction of sp³-hybridized carbons (Fsp3) is 0.214. The standard InChI is InChI=1S/C14H16N6/c1-11-4-3-5-13(6-11)20-9-12(8-16-20)7-15-14-10-19(2)18-17-14/h3-6,8-10,15H,7H2,1-2H3. The Labute approximate surface area is 117 Å². The molecule has 0 unspecified atom stereocenters. The number of benzene rings is 1. The summed E-state index contributed by atoms with van der Waals surface area (Å²) in [5.41, 5.74) is 3.38. The molecule has 0 amide bonds. The van der Waals surface area contributed by atoms with Crippen molar-refractivity contribution in [1.82, 2.24) is 24.8 Å². The largest absolute Gasteiger partial charge is 0.363 e. The second-order valence-electron chi connectivity index (χ2n) is 4.76. The summed E-state index contributed by atoms with van der Waals surface area (Å²) in [6.07, 6.45) is 5.70. The Morgan fingerprint density at radius 3 is 2.90 bits per heavy atom. The van der Waals surface area contributed by atoms with E-state index in [0.717, 1.165) is 17.1 Å². The van der Waals surface area contributed by atoms with E-state index in [-0.39, 0.29) is 0 Å². The van der Waals surface area contributed by atoms with Gasteiger partial charge in [0, 0.05) is 25.4 Å². The first-order chi connectivity index (χ1) is 9.70. The van der Waals surface area contributed by atoms with Crippen molar-refractivity contribution in [2.45, 2.75) is 13.5 Å². The van der Waals surface area contributed by atoms with Gasteiger partial charge in [-0.1, -0.05) is 17.3 Å². The lowest BCUT2D eigenvalue weighted by atomic mass is 10.2. The van der Waals surface area contributed by atoms with Crippen LogP contribution in [0.1, 0.15) is 11.1 Å². The molecule has 0 fully saturated rings. The zero-order chi connectivity index (χ0) is 13.9. The minimum Gasteiger partial charge on any atom is -0.363 e. The van der Waals surface area contributed by atoms with Crippen LogP contribution in [-0.4, -0.2) is 24.8 Å². The lowest BCUT2D eigenvalue weighted by Crippen LogP contribution is -1.99. The third kappa shape index (κ3) is 2.69. The molecule has 102 valence electrons. The Bertz CT molecular complexity index is 712. The van der Waals surface area contributed by atoms with Crippen molar-refractivity contribution >= 4 is 5.82 Å². The molecule has 0 aliphatic rings. The second kappa shape index (κ2) is 5.16. The Morgan fingerprint density at radius 1 is 1.25 bits per heavy atom. The normalized spacial score (nSPS) is 10.7. The zero-order valence-corrected chi connectivity index (χ0v) is 11.5. The van der Waals surface area contributed by atoms with E-state index >= 15 is 0 Å². The lowest BCUT2D eigenvalue weighted by Gasteiger charge is -2.02. The van der Waals surface area contributed by atoms with Crippen molar-refractivity contribution in [3.63, 3.8) is 0 Å². The summed E-state index contributed by atoms with van der Waals surface area (Å²) in [6, 6.07) is 8.25. The van der Waals surface area contributed by atoms with Crippen LogP contribution in [0.25, 0.3) is 5.69 Å². The minimum absolute atomic E-state index is 0.671. The van der Waals surface area contributed by atoms with E-state index in [1.807, 2.05) is 42.5 Å². The highest BCUT2D eigenvalue weighted by Crippen LogP contribution is 2.11. The maximum absolute atomic E-state index is 4.38. The first-order valence-electron chi connectivity index (χ1n) is 6.41. The molecule has 0 saturated heterocycles. The first kappa shape index (κ1) is 12.4. The molecule has 2 heterocycles. The predicted molar refractivity (Wildman–Crippen MR) is 76.6 cm³/mol. The van der Waals surface area contributed by atoms with Crippen LogP contribution in [0.5, 0.6) is 0 Å². The van der Waals surface area contributed by atoms with E-state index in [4.69, 9.17) is 0 Å². The van der Waals surface area contributed by atoms with E-state index < -0.39 is 0 Å². The van der Waals surface area contributed by atoms with Gasteiger partial charge in [0.05, 0.1) is 18.1 Å². The summed E-state index contributed by atoms with van der Waals surface area (Å²) >= 11 is 0. The molecule has 6 nitrogen and oxygen atoms in total. The predicted octanol–water partition coefficient (Wildman–Crippen LogP) is 1.92. The maximum atomic E-state index is 4.38. The summed E-state index contributed by atoms with van der Waals surface area (Å²) < 4.78 is 3.54. The number of anilines is 1. The Morgan fingerprint density at radius 2 is 2.15 bits per heavy atom. The summed E-state index contributed by atoms with van der Waals surface area (Å²) in [5.74, 6) is 0.760. The van der Waals surface area contributed by atoms with Gasteiger partial charge in [0.2, 0.25) is 0 Å². The Balaban J connectivity index is 1.70. The Hall–Kier alpha value is -2.63. The summed E-state index contributed by atoms with van der Waals surface area (Å²) in [4.78, 5) is 0. The van der Waals surface area contributed by atoms with Gasteiger partial charge in [0.1, 0.15) is 0 Å². The molecule has 3 rings (SSSR count). The van der Waals surface area contributed by atoms with Crippen LogP contribution in [0, 0.1) is 6.92 Å². The highest BCUT2D eigenvalue weighted by atomic mass is 15.4. The SMILES string of the molecule is Cc1cccc(-n2cc(CNc3cn(C)nn3)cn2)c1. The van der Waals surface area contributed by atoms with Gasteiger partial charge in [-0.3, -0.25) is 4.68 Å². The second-order valence-corrected chi connectivity index (χ2v) is 4.76. The van der Waals surface area contributed by atoms with Gasteiger partial charge in [0.25, 0.3) is 0 Å². The molecule has 1 N–H and O–H groups in total. The number of rotatable bonds is 4. The molecule has 6 heteroatoms. The smallest absolute Gasteiger partial charge is 0.168 e. The van der Waals surface area contributed by atoms with Crippen LogP contribution < -0.4 is 5.32 Å². The molecule has 1 aromatic carbocycles. The number of aryl methyl sites for hydroxylation is 2. The monoisotopic (exact) mass is 268 g/mol. The maximum Gasteiger partial charge on any atom is 0.168 e. The van der Waals surface area contributed by atoms with E-state index in [0.29, 0.717) is 6.54 Å². The summed E-state index contributed by atoms with van der Waals surface area (Å²) in [7, 11) is 1.84. The van der Waals surface area contributed by atoms with Crippen LogP contribution in [0.4, 0.5) is 5.82 Å². The minimum atomic E-state index is 0.671. The van der Waals surface area contributed by atoms with Crippen LogP contribution in [-0.2, 0) is 13.6 Å². The highest BCUT2D eigenvalue weighted by molar-refractivity contribution is 5.36. The third-order valence-electron chi connectivity index (χ3n) is 2.98. The Kier molecular flexibility index (Phi) is 3.20. The zero-order valence-electron chi connectivity index (χ0n) is 11.5. The van der Waals surface area contributed by atoms with Gasteiger partial charge in [-0.2, -0.15) is 5.10 Å². The number of nitrogens with one attached hydrogen (secondary N) is 1. The molecule has 0 atom stereocenters. The highest BCUT2D eigenvalue weighted by Gasteiger charge is 2.02. The molecule has 0 bridgehead atoms. The van der Waals surface area contributed by atoms with E-state index in [1.165, 1.54) is 5.56 Å². The van der Waals surface area contributed by atoms with Crippen LogP contribution in [0.3, 0.4) is 0 Å². The van der Waals surface area contributed by atoms with Crippen molar-refractivity contribution in [1.29, 1.82) is 0 Å². The molecule has 0 aliphatic heterocycles. The molecule has 0 saturated carbocycles. The number of nitrogens with zero attached hydrogens (tertiary/aromatic N) is 5. The summed E-state index contributed by atoms with van der Waals surface area (Å²) in [6.45, 7) is 2.74. The number of hydrogen-bond donors (Lipinski definition) is 1. The third-order valence-corrected chi connectivity index (χ3v) is 2.98. The van der Waals surface area contributed by atoms with E-state index in [1.54, 1.807) is 4.68 Å². The van der Waals surface area contributed by atoms with Gasteiger partial charge in [-0.25, -0.2) is 4.68 Å². The van der Waals surface area contributed by atoms with Crippen LogP contribution in [0.15, 0.2) is 42.9 Å². The molecule has 20 heavy (non-hydrogen) atoms. The van der Waals surface area contributed by atoms with E-state index in [9.17, 15) is 0 Å². The summed E-state index contributed by atoms with van der Waals surface area (Å²) in [5, 5.41) is 15.4. The van der Waals surface area contributed by atoms with Gasteiger partial charge in [-0.15, -0.1) is 5.10 Å². The molecule has 0 spiro atoms. The average molecular weight is 268 g/mol. The van der Waals surface area contributed by atoms with Crippen LogP contribution >= 0.6 is 0 Å². The van der Waals surface area contributed by atoms with Crippen molar-refractivity contribution < 1.29 is 0 Å². The van der Waals surface area contributed by atoms with Crippen molar-refractivity contribution in [3.8, 4) is 5.69 Å². The molecule has 0 radical (unpaired) electrons. The van der Waals surface area contributed by atoms with Gasteiger partial charge >= 0.3 is 0 Å². The molecule has 2 aromatic heterocycles. The van der Waals surface area contributed by atoms with Crippen molar-refractivity contribution in [2.75, 3.05) is 5.32 Å². The van der Waals surface area contributed by atoms with Gasteiger partial charge < -0.3 is 5.32 Å².